The molecule has 0 saturated carbocycles. The lowest BCUT2D eigenvalue weighted by Gasteiger charge is -2.10. The zero-order valence-electron chi connectivity index (χ0n) is 16.4. The summed E-state index contributed by atoms with van der Waals surface area (Å²) < 4.78 is 20.0. The smallest absolute Gasteiger partial charge is 0.340 e. The molecule has 0 spiro atoms. The van der Waals surface area contributed by atoms with Gasteiger partial charge in [-0.2, -0.15) is 4.68 Å². The van der Waals surface area contributed by atoms with Crippen molar-refractivity contribution < 1.29 is 18.7 Å². The number of aryl methyl sites for hydroxylation is 1. The standard InChI is InChI=1S/C19H20FN5O3S/c1-5-28-18(27)15-10(2)16(21-11(15)3)17(26)12(4)29-19-22-23-24-25(19)14-8-6-7-13(20)9-14/h6-9,12,21H,5H2,1-4H3. The summed E-state index contributed by atoms with van der Waals surface area (Å²) >= 11 is 1.14. The van der Waals surface area contributed by atoms with E-state index < -0.39 is 17.0 Å². The molecule has 2 heterocycles. The predicted molar refractivity (Wildman–Crippen MR) is 105 cm³/mol. The molecule has 0 aliphatic carbocycles. The maximum Gasteiger partial charge on any atom is 0.340 e. The number of esters is 1. The monoisotopic (exact) mass is 417 g/mol. The maximum absolute atomic E-state index is 13.5. The zero-order valence-corrected chi connectivity index (χ0v) is 17.2. The number of carbonyl (C=O) groups excluding carboxylic acids is 2. The summed E-state index contributed by atoms with van der Waals surface area (Å²) in [7, 11) is 0. The number of hydrogen-bond donors (Lipinski definition) is 1. The summed E-state index contributed by atoms with van der Waals surface area (Å²) in [5, 5.41) is 11.2. The van der Waals surface area contributed by atoms with Crippen molar-refractivity contribution in [2.24, 2.45) is 0 Å². The molecule has 152 valence electrons. The molecule has 0 amide bonds. The molecule has 0 aliphatic heterocycles. The quantitative estimate of drug-likeness (QED) is 0.357. The van der Waals surface area contributed by atoms with Crippen molar-refractivity contribution in [3.8, 4) is 5.69 Å². The lowest BCUT2D eigenvalue weighted by atomic mass is 10.1. The van der Waals surface area contributed by atoms with E-state index in [-0.39, 0.29) is 12.4 Å². The molecule has 1 atom stereocenters. The average molecular weight is 417 g/mol. The Morgan fingerprint density at radius 2 is 2.10 bits per heavy atom. The van der Waals surface area contributed by atoms with Gasteiger partial charge >= 0.3 is 5.97 Å². The third-order valence-corrected chi connectivity index (χ3v) is 5.34. The molecule has 1 aromatic carbocycles. The maximum atomic E-state index is 13.5. The summed E-state index contributed by atoms with van der Waals surface area (Å²) in [5.41, 5.74) is 2.29. The van der Waals surface area contributed by atoms with Gasteiger partial charge in [-0.25, -0.2) is 9.18 Å². The molecule has 3 rings (SSSR count). The number of halogens is 1. The van der Waals surface area contributed by atoms with Crippen molar-refractivity contribution in [3.63, 3.8) is 0 Å². The van der Waals surface area contributed by atoms with Crippen LogP contribution in [-0.4, -0.2) is 48.8 Å². The minimum Gasteiger partial charge on any atom is -0.462 e. The fourth-order valence-corrected chi connectivity index (χ4v) is 3.81. The molecular formula is C19H20FN5O3S. The van der Waals surface area contributed by atoms with Crippen LogP contribution in [-0.2, 0) is 4.74 Å². The molecule has 0 fully saturated rings. The van der Waals surface area contributed by atoms with Gasteiger partial charge in [-0.05, 0) is 61.9 Å². The van der Waals surface area contributed by atoms with Crippen molar-refractivity contribution in [1.82, 2.24) is 25.2 Å². The van der Waals surface area contributed by atoms with Gasteiger partial charge in [0.2, 0.25) is 5.16 Å². The first kappa shape index (κ1) is 20.7. The molecule has 3 aromatic rings. The van der Waals surface area contributed by atoms with Crippen molar-refractivity contribution in [3.05, 3.63) is 52.6 Å². The van der Waals surface area contributed by atoms with E-state index in [9.17, 15) is 14.0 Å². The Morgan fingerprint density at radius 3 is 2.79 bits per heavy atom. The van der Waals surface area contributed by atoms with E-state index in [1.807, 2.05) is 0 Å². The van der Waals surface area contributed by atoms with Crippen LogP contribution < -0.4 is 0 Å². The Bertz CT molecular complexity index is 1060. The van der Waals surface area contributed by atoms with Gasteiger partial charge in [0.1, 0.15) is 5.82 Å². The molecule has 0 saturated heterocycles. The third-order valence-electron chi connectivity index (χ3n) is 4.31. The highest BCUT2D eigenvalue weighted by Gasteiger charge is 2.27. The van der Waals surface area contributed by atoms with Gasteiger partial charge < -0.3 is 9.72 Å². The number of rotatable bonds is 7. The van der Waals surface area contributed by atoms with Crippen LogP contribution in [0.3, 0.4) is 0 Å². The largest absolute Gasteiger partial charge is 0.462 e. The summed E-state index contributed by atoms with van der Waals surface area (Å²) in [6.07, 6.45) is 0. The highest BCUT2D eigenvalue weighted by atomic mass is 32.2. The van der Waals surface area contributed by atoms with Crippen molar-refractivity contribution >= 4 is 23.5 Å². The Balaban J connectivity index is 1.84. The number of Topliss-reactive ketones (excluding diaryl/α,β-unsaturated/α-hetero) is 1. The third kappa shape index (κ3) is 4.21. The van der Waals surface area contributed by atoms with Gasteiger partial charge in [0, 0.05) is 5.69 Å². The first-order valence-corrected chi connectivity index (χ1v) is 9.82. The molecule has 10 heteroatoms. The summed E-state index contributed by atoms with van der Waals surface area (Å²) in [6, 6.07) is 5.85. The second kappa shape index (κ2) is 8.56. The summed E-state index contributed by atoms with van der Waals surface area (Å²) in [6.45, 7) is 7.12. The number of thioether (sulfide) groups is 1. The van der Waals surface area contributed by atoms with Gasteiger partial charge in [-0.1, -0.05) is 17.8 Å². The minimum atomic E-state index is -0.555. The molecule has 1 unspecified atom stereocenters. The number of aromatic nitrogens is 5. The second-order valence-corrected chi connectivity index (χ2v) is 7.63. The Hall–Kier alpha value is -3.01. The number of hydrogen-bond acceptors (Lipinski definition) is 7. The number of aromatic amines is 1. The molecule has 2 aromatic heterocycles. The SMILES string of the molecule is CCOC(=O)c1c(C)[nH]c(C(=O)C(C)Sc2nnnn2-c2cccc(F)c2)c1C. The van der Waals surface area contributed by atoms with E-state index in [1.165, 1.54) is 16.8 Å². The van der Waals surface area contributed by atoms with E-state index >= 15 is 0 Å². The Morgan fingerprint density at radius 1 is 1.34 bits per heavy atom. The number of nitrogens with zero attached hydrogens (tertiary/aromatic N) is 4. The lowest BCUT2D eigenvalue weighted by Crippen LogP contribution is -2.16. The van der Waals surface area contributed by atoms with E-state index in [2.05, 4.69) is 20.5 Å². The van der Waals surface area contributed by atoms with Crippen molar-refractivity contribution in [1.29, 1.82) is 0 Å². The van der Waals surface area contributed by atoms with Crippen LogP contribution in [0.4, 0.5) is 4.39 Å². The van der Waals surface area contributed by atoms with Crippen LogP contribution in [0, 0.1) is 19.7 Å². The fraction of sp³-hybridized carbons (Fsp3) is 0.316. The zero-order chi connectivity index (χ0) is 21.1. The van der Waals surface area contributed by atoms with Crippen LogP contribution in [0.2, 0.25) is 0 Å². The molecule has 8 nitrogen and oxygen atoms in total. The average Bonchev–Trinajstić information content (AvgIpc) is 3.25. The number of H-pyrrole nitrogens is 1. The van der Waals surface area contributed by atoms with E-state index in [1.54, 1.807) is 39.8 Å². The van der Waals surface area contributed by atoms with Crippen LogP contribution >= 0.6 is 11.8 Å². The van der Waals surface area contributed by atoms with Gasteiger partial charge in [0.25, 0.3) is 0 Å². The molecule has 0 radical (unpaired) electrons. The van der Waals surface area contributed by atoms with E-state index in [0.29, 0.717) is 33.4 Å². The lowest BCUT2D eigenvalue weighted by molar-refractivity contribution is 0.0525. The number of ketones is 1. The van der Waals surface area contributed by atoms with Crippen LogP contribution in [0.25, 0.3) is 5.69 Å². The molecular weight excluding hydrogens is 397 g/mol. The van der Waals surface area contributed by atoms with Crippen molar-refractivity contribution in [2.75, 3.05) is 6.61 Å². The highest BCUT2D eigenvalue weighted by Crippen LogP contribution is 2.28. The second-order valence-electron chi connectivity index (χ2n) is 6.32. The first-order valence-electron chi connectivity index (χ1n) is 8.95. The molecule has 1 N–H and O–H groups in total. The predicted octanol–water partition coefficient (Wildman–Crippen LogP) is 3.29. The summed E-state index contributed by atoms with van der Waals surface area (Å²) in [4.78, 5) is 28.2. The van der Waals surface area contributed by atoms with E-state index in [0.717, 1.165) is 11.8 Å². The van der Waals surface area contributed by atoms with Gasteiger partial charge in [-0.3, -0.25) is 4.79 Å². The molecule has 0 bridgehead atoms. The van der Waals surface area contributed by atoms with Gasteiger partial charge in [0.15, 0.2) is 5.78 Å². The van der Waals surface area contributed by atoms with Crippen molar-refractivity contribution in [2.45, 2.75) is 38.1 Å². The number of nitrogens with one attached hydrogen (secondary N) is 1. The van der Waals surface area contributed by atoms with Crippen LogP contribution in [0.15, 0.2) is 29.4 Å². The number of benzene rings is 1. The number of ether oxygens (including phenoxy) is 1. The van der Waals surface area contributed by atoms with Gasteiger partial charge in [-0.15, -0.1) is 5.10 Å². The van der Waals surface area contributed by atoms with Crippen LogP contribution in [0.5, 0.6) is 0 Å². The minimum absolute atomic E-state index is 0.208. The molecule has 29 heavy (non-hydrogen) atoms. The Labute approximate surface area is 170 Å². The van der Waals surface area contributed by atoms with E-state index in [4.69, 9.17) is 4.74 Å². The fourth-order valence-electron chi connectivity index (χ4n) is 2.94. The topological polar surface area (TPSA) is 103 Å². The summed E-state index contributed by atoms with van der Waals surface area (Å²) in [5.74, 6) is -1.09. The first-order chi connectivity index (χ1) is 13.8. The normalized spacial score (nSPS) is 12.0. The number of carbonyl (C=O) groups is 2. The van der Waals surface area contributed by atoms with Gasteiger partial charge in [0.05, 0.1) is 28.8 Å². The highest BCUT2D eigenvalue weighted by molar-refractivity contribution is 8.00. The Kier molecular flexibility index (Phi) is 6.12. The molecule has 0 aliphatic rings. The number of tetrazole rings is 1. The van der Waals surface area contributed by atoms with Crippen LogP contribution in [0.1, 0.15) is 46.0 Å².